The minimum absolute atomic E-state index is 0.0693. The molecule has 0 spiro atoms. The van der Waals surface area contributed by atoms with E-state index in [0.717, 1.165) is 12.8 Å². The summed E-state index contributed by atoms with van der Waals surface area (Å²) in [6.45, 7) is 2.96. The number of amides is 1. The van der Waals surface area contributed by atoms with E-state index in [-0.39, 0.29) is 27.9 Å². The Kier molecular flexibility index (Phi) is 6.61. The number of sulfonamides is 1. The van der Waals surface area contributed by atoms with E-state index in [4.69, 9.17) is 11.6 Å². The molecule has 0 N–H and O–H groups in total. The number of hydrogen-bond acceptors (Lipinski definition) is 3. The van der Waals surface area contributed by atoms with Crippen molar-refractivity contribution in [2.45, 2.75) is 31.2 Å². The molecule has 0 bridgehead atoms. The number of halogens is 2. The topological polar surface area (TPSA) is 57.7 Å². The fourth-order valence-corrected chi connectivity index (χ4v) is 5.61. The maximum Gasteiger partial charge on any atom is 0.253 e. The van der Waals surface area contributed by atoms with E-state index in [1.165, 1.54) is 33.5 Å². The van der Waals surface area contributed by atoms with Crippen LogP contribution in [-0.4, -0.2) is 43.7 Å². The summed E-state index contributed by atoms with van der Waals surface area (Å²) in [5.41, 5.74) is 0.573. The summed E-state index contributed by atoms with van der Waals surface area (Å²) in [7, 11) is -2.26. The minimum atomic E-state index is -3.80. The van der Waals surface area contributed by atoms with Crippen molar-refractivity contribution in [3.05, 3.63) is 64.4 Å². The number of benzene rings is 2. The largest absolute Gasteiger partial charge is 0.337 e. The van der Waals surface area contributed by atoms with Crippen LogP contribution in [0.3, 0.4) is 0 Å². The molecule has 2 aromatic rings. The molecule has 29 heavy (non-hydrogen) atoms. The van der Waals surface area contributed by atoms with Gasteiger partial charge in [-0.2, -0.15) is 4.31 Å². The van der Waals surface area contributed by atoms with Crippen LogP contribution in [0.4, 0.5) is 4.39 Å². The molecule has 0 aromatic heterocycles. The molecule has 1 atom stereocenters. The third-order valence-corrected chi connectivity index (χ3v) is 7.47. The zero-order chi connectivity index (χ0) is 21.2. The van der Waals surface area contributed by atoms with E-state index < -0.39 is 21.7 Å². The Morgan fingerprint density at radius 1 is 1.28 bits per heavy atom. The maximum absolute atomic E-state index is 13.9. The minimum Gasteiger partial charge on any atom is -0.337 e. The Hall–Kier alpha value is -1.96. The van der Waals surface area contributed by atoms with Gasteiger partial charge in [-0.25, -0.2) is 12.8 Å². The van der Waals surface area contributed by atoms with Crippen molar-refractivity contribution in [1.29, 1.82) is 0 Å². The lowest BCUT2D eigenvalue weighted by Gasteiger charge is -2.30. The first-order chi connectivity index (χ1) is 13.7. The molecule has 1 fully saturated rings. The predicted molar refractivity (Wildman–Crippen MR) is 111 cm³/mol. The smallest absolute Gasteiger partial charge is 0.253 e. The van der Waals surface area contributed by atoms with Crippen LogP contribution in [0.1, 0.15) is 35.7 Å². The molecule has 3 rings (SSSR count). The monoisotopic (exact) mass is 438 g/mol. The van der Waals surface area contributed by atoms with E-state index in [1.807, 2.05) is 6.92 Å². The van der Waals surface area contributed by atoms with Crippen molar-refractivity contribution in [3.8, 4) is 0 Å². The van der Waals surface area contributed by atoms with E-state index in [0.29, 0.717) is 18.7 Å². The fourth-order valence-electron chi connectivity index (χ4n) is 3.51. The average molecular weight is 439 g/mol. The number of hydrogen-bond donors (Lipinski definition) is 0. The maximum atomic E-state index is 13.9. The SMILES string of the molecule is CC1CCCN(S(=O)(=O)c2cc(C(=O)N(C)Cc3ccccc3F)ccc2Cl)C1. The number of piperidine rings is 1. The summed E-state index contributed by atoms with van der Waals surface area (Å²) >= 11 is 6.19. The van der Waals surface area contributed by atoms with Crippen LogP contribution in [0.2, 0.25) is 5.02 Å². The van der Waals surface area contributed by atoms with Gasteiger partial charge in [-0.15, -0.1) is 0 Å². The van der Waals surface area contributed by atoms with E-state index in [1.54, 1.807) is 25.2 Å². The van der Waals surface area contributed by atoms with Crippen molar-refractivity contribution in [2.24, 2.45) is 5.92 Å². The van der Waals surface area contributed by atoms with Gasteiger partial charge in [0.2, 0.25) is 10.0 Å². The van der Waals surface area contributed by atoms with Gasteiger partial charge in [0, 0.05) is 37.8 Å². The molecule has 1 amide bonds. The highest BCUT2D eigenvalue weighted by atomic mass is 35.5. The molecule has 1 unspecified atom stereocenters. The van der Waals surface area contributed by atoms with Crippen molar-refractivity contribution < 1.29 is 17.6 Å². The van der Waals surface area contributed by atoms with Crippen LogP contribution in [0, 0.1) is 11.7 Å². The molecule has 0 radical (unpaired) electrons. The summed E-state index contributed by atoms with van der Waals surface area (Å²) in [5.74, 6) is -0.534. The Balaban J connectivity index is 1.86. The molecule has 8 heteroatoms. The molecular weight excluding hydrogens is 415 g/mol. The molecule has 2 aromatic carbocycles. The molecule has 0 aliphatic carbocycles. The fraction of sp³-hybridized carbons (Fsp3) is 0.381. The van der Waals surface area contributed by atoms with Gasteiger partial charge in [0.15, 0.2) is 0 Å². The first kappa shape index (κ1) is 21.7. The number of carbonyl (C=O) groups is 1. The zero-order valence-corrected chi connectivity index (χ0v) is 18.0. The number of carbonyl (C=O) groups excluding carboxylic acids is 1. The Bertz CT molecular complexity index is 1010. The van der Waals surface area contributed by atoms with Gasteiger partial charge >= 0.3 is 0 Å². The van der Waals surface area contributed by atoms with Crippen LogP contribution < -0.4 is 0 Å². The summed E-state index contributed by atoms with van der Waals surface area (Å²) in [6, 6.07) is 10.4. The molecule has 5 nitrogen and oxygen atoms in total. The third kappa shape index (κ3) is 4.79. The van der Waals surface area contributed by atoms with Gasteiger partial charge < -0.3 is 4.90 Å². The van der Waals surface area contributed by atoms with Crippen LogP contribution in [0.25, 0.3) is 0 Å². The van der Waals surface area contributed by atoms with Crippen LogP contribution in [0.15, 0.2) is 47.4 Å². The van der Waals surface area contributed by atoms with Gasteiger partial charge in [-0.3, -0.25) is 4.79 Å². The highest BCUT2D eigenvalue weighted by Crippen LogP contribution is 2.29. The standard InChI is InChI=1S/C21H24ClFN2O3S/c1-15-6-5-11-25(13-15)29(27,28)20-12-16(9-10-18(20)22)21(26)24(2)14-17-7-3-4-8-19(17)23/h3-4,7-10,12,15H,5-6,11,13-14H2,1-2H3. The average Bonchev–Trinajstić information content (AvgIpc) is 2.69. The van der Waals surface area contributed by atoms with Crippen molar-refractivity contribution >= 4 is 27.5 Å². The third-order valence-electron chi connectivity index (χ3n) is 5.13. The molecule has 1 heterocycles. The molecular formula is C21H24ClFN2O3S. The predicted octanol–water partition coefficient (Wildman–Crippen LogP) is 4.17. The van der Waals surface area contributed by atoms with Crippen LogP contribution >= 0.6 is 11.6 Å². The van der Waals surface area contributed by atoms with E-state index in [2.05, 4.69) is 0 Å². The highest BCUT2D eigenvalue weighted by Gasteiger charge is 2.31. The molecule has 1 aliphatic heterocycles. The molecule has 156 valence electrons. The van der Waals surface area contributed by atoms with Gasteiger partial charge in [-0.1, -0.05) is 36.7 Å². The van der Waals surface area contributed by atoms with Gasteiger partial charge in [0.25, 0.3) is 5.91 Å². The second kappa shape index (κ2) is 8.81. The first-order valence-corrected chi connectivity index (χ1v) is 11.3. The lowest BCUT2D eigenvalue weighted by Crippen LogP contribution is -2.39. The highest BCUT2D eigenvalue weighted by molar-refractivity contribution is 7.89. The quantitative estimate of drug-likeness (QED) is 0.703. The van der Waals surface area contributed by atoms with Crippen LogP contribution in [-0.2, 0) is 16.6 Å². The van der Waals surface area contributed by atoms with E-state index in [9.17, 15) is 17.6 Å². The molecule has 1 aliphatic rings. The number of rotatable bonds is 5. The number of nitrogens with zero attached hydrogens (tertiary/aromatic N) is 2. The van der Waals surface area contributed by atoms with Crippen LogP contribution in [0.5, 0.6) is 0 Å². The summed E-state index contributed by atoms with van der Waals surface area (Å²) in [5, 5.41) is 0.0801. The van der Waals surface area contributed by atoms with Gasteiger partial charge in [0.1, 0.15) is 10.7 Å². The van der Waals surface area contributed by atoms with E-state index >= 15 is 0 Å². The summed E-state index contributed by atoms with van der Waals surface area (Å²) in [4.78, 5) is 14.1. The van der Waals surface area contributed by atoms with Gasteiger partial charge in [-0.05, 0) is 43.0 Å². The summed E-state index contributed by atoms with van der Waals surface area (Å²) in [6.07, 6.45) is 1.78. The second-order valence-electron chi connectivity index (χ2n) is 7.51. The summed E-state index contributed by atoms with van der Waals surface area (Å²) < 4.78 is 41.5. The Labute approximate surface area is 176 Å². The Morgan fingerprint density at radius 3 is 2.69 bits per heavy atom. The van der Waals surface area contributed by atoms with Crippen molar-refractivity contribution in [2.75, 3.05) is 20.1 Å². The van der Waals surface area contributed by atoms with Gasteiger partial charge in [0.05, 0.1) is 5.02 Å². The lowest BCUT2D eigenvalue weighted by molar-refractivity contribution is 0.0783. The molecule has 0 saturated carbocycles. The normalized spacial score (nSPS) is 17.9. The zero-order valence-electron chi connectivity index (χ0n) is 16.4. The van der Waals surface area contributed by atoms with Crippen molar-refractivity contribution in [3.63, 3.8) is 0 Å². The van der Waals surface area contributed by atoms with Crippen molar-refractivity contribution in [1.82, 2.24) is 9.21 Å². The molecule has 1 saturated heterocycles. The Morgan fingerprint density at radius 2 is 2.00 bits per heavy atom. The second-order valence-corrected chi connectivity index (χ2v) is 9.82. The first-order valence-electron chi connectivity index (χ1n) is 9.48. The lowest BCUT2D eigenvalue weighted by atomic mass is 10.0.